The monoisotopic (exact) mass is 864 g/mol. The van der Waals surface area contributed by atoms with Crippen LogP contribution in [0, 0.1) is 0 Å². The van der Waals surface area contributed by atoms with Gasteiger partial charge in [-0.2, -0.15) is 5.10 Å². The smallest absolute Gasteiger partial charge is 0.417 e. The van der Waals surface area contributed by atoms with Gasteiger partial charge < -0.3 is 19.8 Å². The zero-order valence-corrected chi connectivity index (χ0v) is 39.0. The highest BCUT2D eigenvalue weighted by molar-refractivity contribution is 5.99. The Morgan fingerprint density at radius 1 is 0.562 bits per heavy atom. The van der Waals surface area contributed by atoms with Crippen molar-refractivity contribution in [3.05, 3.63) is 146 Å². The highest BCUT2D eigenvalue weighted by Crippen LogP contribution is 2.30. The average molecular weight is 865 g/mol. The van der Waals surface area contributed by atoms with E-state index in [1.54, 1.807) is 17.3 Å². The summed E-state index contributed by atoms with van der Waals surface area (Å²) in [4.78, 5) is 39.6. The molecular weight excluding hydrogens is 801 g/mol. The van der Waals surface area contributed by atoms with Crippen molar-refractivity contribution in [2.24, 2.45) is 0 Å². The number of anilines is 2. The second-order valence-corrected chi connectivity index (χ2v) is 18.2. The van der Waals surface area contributed by atoms with Gasteiger partial charge in [0, 0.05) is 17.3 Å². The Labute approximate surface area is 376 Å². The van der Waals surface area contributed by atoms with E-state index in [1.807, 2.05) is 36.5 Å². The number of H-pyrrole nitrogens is 2. The van der Waals surface area contributed by atoms with Crippen molar-refractivity contribution in [1.29, 1.82) is 0 Å². The van der Waals surface area contributed by atoms with E-state index in [0.717, 1.165) is 27.8 Å². The summed E-state index contributed by atoms with van der Waals surface area (Å²) in [6.45, 7) is 21.7. The molecule has 11 heteroatoms. The van der Waals surface area contributed by atoms with E-state index in [-0.39, 0.29) is 18.4 Å². The van der Waals surface area contributed by atoms with E-state index < -0.39 is 5.76 Å². The van der Waals surface area contributed by atoms with Crippen LogP contribution < -0.4 is 21.1 Å². The van der Waals surface area contributed by atoms with Gasteiger partial charge in [0.2, 0.25) is 5.91 Å². The maximum atomic E-state index is 11.1. The molecule has 11 nitrogen and oxygen atoms in total. The topological polar surface area (TPSA) is 155 Å². The van der Waals surface area contributed by atoms with E-state index in [1.165, 1.54) is 46.9 Å². The van der Waals surface area contributed by atoms with E-state index in [0.29, 0.717) is 53.2 Å². The molecule has 0 saturated heterocycles. The fraction of sp³-hybridized carbons (Fsp3) is 0.377. The Hall–Kier alpha value is -6.49. The van der Waals surface area contributed by atoms with E-state index in [9.17, 15) is 14.4 Å². The van der Waals surface area contributed by atoms with Crippen LogP contribution in [0.25, 0.3) is 22.0 Å². The van der Waals surface area contributed by atoms with Gasteiger partial charge in [-0.25, -0.2) is 9.78 Å². The first-order valence-electron chi connectivity index (χ1n) is 22.6. The van der Waals surface area contributed by atoms with Gasteiger partial charge in [0.25, 0.3) is 5.91 Å². The lowest BCUT2D eigenvalue weighted by atomic mass is 9.99. The van der Waals surface area contributed by atoms with Gasteiger partial charge in [-0.15, -0.1) is 0 Å². The molecule has 2 aliphatic heterocycles. The number of nitrogens with zero attached hydrogens (tertiary/aromatic N) is 2. The van der Waals surface area contributed by atoms with Gasteiger partial charge in [0.15, 0.2) is 23.8 Å². The van der Waals surface area contributed by atoms with E-state index in [2.05, 4.69) is 149 Å². The summed E-state index contributed by atoms with van der Waals surface area (Å²) in [6.07, 6.45) is 8.12. The van der Waals surface area contributed by atoms with Gasteiger partial charge in [-0.05, 0) is 130 Å². The predicted octanol–water partition coefficient (Wildman–Crippen LogP) is 12.1. The molecule has 0 unspecified atom stereocenters. The number of pyridine rings is 1. The normalized spacial score (nSPS) is 13.4. The molecule has 3 aliphatic rings. The third-order valence-electron chi connectivity index (χ3n) is 11.6. The molecule has 7 aromatic rings. The zero-order chi connectivity index (χ0) is 46.1. The lowest BCUT2D eigenvalue weighted by molar-refractivity contribution is -0.118. The maximum Gasteiger partial charge on any atom is 0.417 e. The number of carbonyl (C=O) groups excluding carboxylic acids is 2. The molecule has 0 bridgehead atoms. The number of aryl methyl sites for hydroxylation is 2. The number of nitrogens with one attached hydrogen (secondary N) is 4. The van der Waals surface area contributed by atoms with Crippen molar-refractivity contribution in [1.82, 2.24) is 20.2 Å². The van der Waals surface area contributed by atoms with Gasteiger partial charge >= 0.3 is 5.76 Å². The van der Waals surface area contributed by atoms with Crippen LogP contribution in [0.1, 0.15) is 150 Å². The fourth-order valence-electron chi connectivity index (χ4n) is 7.49. The summed E-state index contributed by atoms with van der Waals surface area (Å²) in [7, 11) is 0. The molecule has 4 aromatic carbocycles. The molecule has 0 radical (unpaired) electrons. The summed E-state index contributed by atoms with van der Waals surface area (Å²) >= 11 is 0. The van der Waals surface area contributed by atoms with Crippen LogP contribution in [0.15, 0.2) is 100 Å². The number of amides is 2. The molecular formula is C53H64N6O5. The van der Waals surface area contributed by atoms with Crippen LogP contribution >= 0.6 is 0 Å². The SMILES string of the molecule is CC(C)c1ccc2[nH]c(=O)oc2c1.CC(C)c1ccc2[nH]ncc2c1.CC(C)c1ccc2c(c1)CC(=O)N2.CC(C)c1ccc2c(c1)CCC2.CC(C)c1cnc2c(c1)OCC(=O)N2. The number of oxazole rings is 1. The fourth-order valence-corrected chi connectivity index (χ4v) is 7.49. The number of hydrogen-bond donors (Lipinski definition) is 4. The van der Waals surface area contributed by atoms with Crippen molar-refractivity contribution in [2.75, 3.05) is 17.2 Å². The van der Waals surface area contributed by atoms with E-state index in [4.69, 9.17) is 9.15 Å². The second kappa shape index (κ2) is 21.3. The number of fused-ring (bicyclic) bond motifs is 5. The summed E-state index contributed by atoms with van der Waals surface area (Å²) in [5.74, 6) is 3.40. The van der Waals surface area contributed by atoms with Crippen molar-refractivity contribution < 1.29 is 18.7 Å². The highest BCUT2D eigenvalue weighted by atomic mass is 16.5. The first kappa shape index (κ1) is 47.0. The van der Waals surface area contributed by atoms with Gasteiger partial charge in [-0.3, -0.25) is 19.7 Å². The van der Waals surface area contributed by atoms with Crippen LogP contribution in [0.3, 0.4) is 0 Å². The van der Waals surface area contributed by atoms with Crippen molar-refractivity contribution >= 4 is 45.3 Å². The Balaban J connectivity index is 0.000000133. The minimum atomic E-state index is -0.393. The van der Waals surface area contributed by atoms with Crippen LogP contribution in [0.5, 0.6) is 5.75 Å². The van der Waals surface area contributed by atoms with E-state index >= 15 is 0 Å². The maximum absolute atomic E-state index is 11.1. The highest BCUT2D eigenvalue weighted by Gasteiger charge is 2.19. The summed E-state index contributed by atoms with van der Waals surface area (Å²) in [5, 5.41) is 13.6. The van der Waals surface area contributed by atoms with Crippen molar-refractivity contribution in [3.63, 3.8) is 0 Å². The lowest BCUT2D eigenvalue weighted by Crippen LogP contribution is -2.26. The standard InChI is InChI=1S/C12H16.C11H13NO.C10H12N2O2.C10H12N2.C10H11NO2/c1-9(2)11-7-6-10-4-3-5-12(10)8-11;1-7(2)8-3-4-10-9(5-8)6-11(13)12-10;1-6(2)7-3-8-10(11-4-7)12-9(13)5-14-8;1-7(2)8-3-4-10-9(5-8)6-11-12-10;1-6(2)7-3-4-8-9(5-7)13-10(12)11-8/h6-9H,3-5H2,1-2H3;3-5,7H,6H2,1-2H3,(H,12,13);3-4,6H,5H2,1-2H3,(H,11,12,13);3-7H,1-2H3,(H,11,12);3-6H,1-2H3,(H,11,12). The molecule has 5 heterocycles. The number of aromatic amines is 2. The Kier molecular flexibility index (Phi) is 15.6. The molecule has 4 N–H and O–H groups in total. The number of carbonyl (C=O) groups is 2. The van der Waals surface area contributed by atoms with Gasteiger partial charge in [-0.1, -0.05) is 112 Å². The van der Waals surface area contributed by atoms with Crippen molar-refractivity contribution in [3.8, 4) is 5.75 Å². The number of rotatable bonds is 5. The largest absolute Gasteiger partial charge is 0.480 e. The number of hydrogen-bond acceptors (Lipinski definition) is 7. The molecule has 0 spiro atoms. The number of aromatic nitrogens is 4. The minimum Gasteiger partial charge on any atom is -0.480 e. The first-order chi connectivity index (χ1) is 30.5. The number of benzene rings is 4. The predicted molar refractivity (Wildman–Crippen MR) is 259 cm³/mol. The Morgan fingerprint density at radius 2 is 1.16 bits per heavy atom. The summed E-state index contributed by atoms with van der Waals surface area (Å²) < 4.78 is 10.2. The molecule has 64 heavy (non-hydrogen) atoms. The quantitative estimate of drug-likeness (QED) is 0.134. The Morgan fingerprint density at radius 3 is 1.84 bits per heavy atom. The molecule has 2 amide bonds. The second-order valence-electron chi connectivity index (χ2n) is 18.2. The van der Waals surface area contributed by atoms with Gasteiger partial charge in [0.05, 0.1) is 23.7 Å². The Bertz CT molecular complexity index is 2760. The summed E-state index contributed by atoms with van der Waals surface area (Å²) in [6, 6.07) is 27.3. The lowest BCUT2D eigenvalue weighted by Gasteiger charge is -2.18. The molecule has 3 aromatic heterocycles. The molecule has 0 saturated carbocycles. The molecule has 10 rings (SSSR count). The van der Waals surface area contributed by atoms with Crippen molar-refractivity contribution in [2.45, 2.75) is 125 Å². The van der Waals surface area contributed by atoms with Crippen LogP contribution in [-0.2, 0) is 28.9 Å². The minimum absolute atomic E-state index is 0.0796. The van der Waals surface area contributed by atoms with Crippen LogP contribution in [0.4, 0.5) is 11.5 Å². The molecule has 0 atom stereocenters. The molecule has 336 valence electrons. The molecule has 0 fully saturated rings. The first-order valence-corrected chi connectivity index (χ1v) is 22.6. The summed E-state index contributed by atoms with van der Waals surface area (Å²) in [5.41, 5.74) is 14.3. The zero-order valence-electron chi connectivity index (χ0n) is 39.0. The average Bonchev–Trinajstić information content (AvgIpc) is 4.09. The van der Waals surface area contributed by atoms with Crippen LogP contribution in [-0.4, -0.2) is 38.6 Å². The van der Waals surface area contributed by atoms with Crippen LogP contribution in [0.2, 0.25) is 0 Å². The number of ether oxygens (including phenoxy) is 1. The third-order valence-corrected chi connectivity index (χ3v) is 11.6. The van der Waals surface area contributed by atoms with Gasteiger partial charge in [0.1, 0.15) is 0 Å². The molecule has 1 aliphatic carbocycles. The third kappa shape index (κ3) is 12.4.